The van der Waals surface area contributed by atoms with Crippen molar-refractivity contribution in [3.05, 3.63) is 72.9 Å². The molecule has 0 aromatic rings. The quantitative estimate of drug-likeness (QED) is 0.0274. The number of phosphoric acid groups is 1. The van der Waals surface area contributed by atoms with Gasteiger partial charge in [0.05, 0.1) is 13.2 Å². The van der Waals surface area contributed by atoms with Gasteiger partial charge in [0.1, 0.15) is 6.61 Å². The minimum absolute atomic E-state index is 0.0392. The molecule has 0 rings (SSSR count). The van der Waals surface area contributed by atoms with Crippen molar-refractivity contribution in [1.29, 1.82) is 0 Å². The van der Waals surface area contributed by atoms with E-state index in [-0.39, 0.29) is 32.6 Å². The Morgan fingerprint density at radius 2 is 1.00 bits per heavy atom. The van der Waals surface area contributed by atoms with Crippen molar-refractivity contribution in [3.8, 4) is 0 Å². The third-order valence-electron chi connectivity index (χ3n) is 8.06. The van der Waals surface area contributed by atoms with Gasteiger partial charge in [0, 0.05) is 19.4 Å². The second kappa shape index (κ2) is 39.2. The smallest absolute Gasteiger partial charge is 0.462 e. The topological polar surface area (TPSA) is 134 Å². The third kappa shape index (κ3) is 39.0. The molecule has 9 nitrogen and oxygen atoms in total. The van der Waals surface area contributed by atoms with Crippen LogP contribution < -0.4 is 5.73 Å². The molecule has 0 bridgehead atoms. The number of ether oxygens (including phenoxy) is 2. The van der Waals surface area contributed by atoms with Crippen LogP contribution in [0.3, 0.4) is 0 Å². The molecule has 0 fully saturated rings. The standard InChI is InChI=1S/C43H74NO8P/c1-3-5-7-9-11-13-15-17-19-20-22-24-26-28-30-32-34-36-43(46)52-41(40-51-53(47,48)50-38-37-44)39-49-42(45)35-33-31-29-27-25-23-21-18-16-14-12-10-8-6-4-2/h11-14,17-19,21-22,24,28,30,41H,3-10,15-16,20,23,25-27,29,31-40,44H2,1-2H3,(H,47,48). The zero-order valence-electron chi connectivity index (χ0n) is 33.2. The van der Waals surface area contributed by atoms with Crippen LogP contribution in [0.15, 0.2) is 72.9 Å². The van der Waals surface area contributed by atoms with Crippen LogP contribution in [0.25, 0.3) is 0 Å². The first kappa shape index (κ1) is 50.5. The minimum Gasteiger partial charge on any atom is -0.462 e. The Hall–Kier alpha value is -2.55. The Labute approximate surface area is 322 Å². The fourth-order valence-corrected chi connectivity index (χ4v) is 5.77. The first-order chi connectivity index (χ1) is 25.8. The van der Waals surface area contributed by atoms with Crippen LogP contribution in [0, 0.1) is 0 Å². The summed E-state index contributed by atoms with van der Waals surface area (Å²) in [5, 5.41) is 0. The predicted molar refractivity (Wildman–Crippen MR) is 219 cm³/mol. The van der Waals surface area contributed by atoms with Crippen molar-refractivity contribution >= 4 is 19.8 Å². The summed E-state index contributed by atoms with van der Waals surface area (Å²) in [6, 6.07) is 0. The van der Waals surface area contributed by atoms with Gasteiger partial charge in [0.15, 0.2) is 6.10 Å². The van der Waals surface area contributed by atoms with E-state index in [4.69, 9.17) is 24.3 Å². The number of nitrogens with two attached hydrogens (primary N) is 1. The number of esters is 2. The van der Waals surface area contributed by atoms with Crippen LogP contribution in [-0.2, 0) is 32.7 Å². The van der Waals surface area contributed by atoms with Crippen molar-refractivity contribution < 1.29 is 37.6 Å². The van der Waals surface area contributed by atoms with Gasteiger partial charge >= 0.3 is 19.8 Å². The van der Waals surface area contributed by atoms with Crippen LogP contribution in [-0.4, -0.2) is 49.3 Å². The van der Waals surface area contributed by atoms with Gasteiger partial charge in [-0.05, 0) is 83.5 Å². The Kier molecular flexibility index (Phi) is 37.3. The van der Waals surface area contributed by atoms with Gasteiger partial charge in [-0.1, -0.05) is 132 Å². The molecule has 0 saturated carbocycles. The molecule has 0 aliphatic carbocycles. The molecule has 10 heteroatoms. The van der Waals surface area contributed by atoms with Crippen molar-refractivity contribution in [2.75, 3.05) is 26.4 Å². The van der Waals surface area contributed by atoms with Gasteiger partial charge in [-0.3, -0.25) is 18.6 Å². The lowest BCUT2D eigenvalue weighted by Crippen LogP contribution is -2.29. The molecule has 0 aliphatic heterocycles. The summed E-state index contributed by atoms with van der Waals surface area (Å²) in [5.41, 5.74) is 5.33. The Balaban J connectivity index is 4.34. The van der Waals surface area contributed by atoms with Crippen LogP contribution in [0.5, 0.6) is 0 Å². The number of unbranched alkanes of at least 4 members (excludes halogenated alkanes) is 12. The molecule has 3 N–H and O–H groups in total. The van der Waals surface area contributed by atoms with E-state index >= 15 is 0 Å². The van der Waals surface area contributed by atoms with E-state index in [0.717, 1.165) is 57.8 Å². The average molecular weight is 764 g/mol. The lowest BCUT2D eigenvalue weighted by Gasteiger charge is -2.19. The van der Waals surface area contributed by atoms with Crippen molar-refractivity contribution in [1.82, 2.24) is 0 Å². The number of rotatable bonds is 37. The SMILES string of the molecule is CCCCCC=CCC=CCC=CCC=CCCCC(=O)OC(COC(=O)CCCCCCCC=CCC=CCCCCC)COP(=O)(O)OCCN. The summed E-state index contributed by atoms with van der Waals surface area (Å²) in [6.45, 7) is 3.57. The van der Waals surface area contributed by atoms with Gasteiger partial charge in [0.2, 0.25) is 0 Å². The van der Waals surface area contributed by atoms with E-state index in [1.54, 1.807) is 0 Å². The predicted octanol–water partition coefficient (Wildman–Crippen LogP) is 11.5. The second-order valence-electron chi connectivity index (χ2n) is 13.1. The fraction of sp³-hybridized carbons (Fsp3) is 0.674. The second-order valence-corrected chi connectivity index (χ2v) is 14.6. The summed E-state index contributed by atoms with van der Waals surface area (Å²) in [7, 11) is -4.40. The highest BCUT2D eigenvalue weighted by molar-refractivity contribution is 7.47. The fourth-order valence-electron chi connectivity index (χ4n) is 5.01. The number of carbonyl (C=O) groups is 2. The summed E-state index contributed by atoms with van der Waals surface area (Å²) in [6.07, 6.45) is 46.5. The highest BCUT2D eigenvalue weighted by Crippen LogP contribution is 2.43. The van der Waals surface area contributed by atoms with E-state index in [1.165, 1.54) is 51.4 Å². The number of phosphoric ester groups is 1. The maximum absolute atomic E-state index is 12.5. The van der Waals surface area contributed by atoms with E-state index in [9.17, 15) is 19.0 Å². The highest BCUT2D eigenvalue weighted by atomic mass is 31.2. The van der Waals surface area contributed by atoms with Crippen LogP contribution in [0.1, 0.15) is 155 Å². The molecule has 2 atom stereocenters. The molecule has 0 spiro atoms. The number of hydrogen-bond acceptors (Lipinski definition) is 8. The van der Waals surface area contributed by atoms with Gasteiger partial charge < -0.3 is 20.1 Å². The number of allylic oxidation sites excluding steroid dienone is 12. The van der Waals surface area contributed by atoms with E-state index < -0.39 is 32.5 Å². The van der Waals surface area contributed by atoms with Crippen LogP contribution >= 0.6 is 7.82 Å². The zero-order chi connectivity index (χ0) is 38.9. The molecule has 0 aromatic heterocycles. The lowest BCUT2D eigenvalue weighted by molar-refractivity contribution is -0.161. The van der Waals surface area contributed by atoms with Gasteiger partial charge in [-0.25, -0.2) is 4.57 Å². The molecule has 0 radical (unpaired) electrons. The summed E-state index contributed by atoms with van der Waals surface area (Å²) < 4.78 is 32.6. The van der Waals surface area contributed by atoms with Gasteiger partial charge in [-0.15, -0.1) is 0 Å². The Morgan fingerprint density at radius 3 is 1.51 bits per heavy atom. The molecule has 0 heterocycles. The Morgan fingerprint density at radius 1 is 0.566 bits per heavy atom. The molecule has 0 saturated heterocycles. The summed E-state index contributed by atoms with van der Waals surface area (Å²) in [5.74, 6) is -0.918. The van der Waals surface area contributed by atoms with Gasteiger partial charge in [-0.2, -0.15) is 0 Å². The molecule has 0 aromatic carbocycles. The van der Waals surface area contributed by atoms with E-state index in [1.807, 2.05) is 6.08 Å². The molecular weight excluding hydrogens is 689 g/mol. The van der Waals surface area contributed by atoms with Crippen LogP contribution in [0.2, 0.25) is 0 Å². The van der Waals surface area contributed by atoms with Crippen molar-refractivity contribution in [3.63, 3.8) is 0 Å². The van der Waals surface area contributed by atoms with Crippen molar-refractivity contribution in [2.24, 2.45) is 5.73 Å². The molecule has 0 aliphatic rings. The lowest BCUT2D eigenvalue weighted by atomic mass is 10.1. The molecule has 53 heavy (non-hydrogen) atoms. The maximum Gasteiger partial charge on any atom is 0.472 e. The average Bonchev–Trinajstić information content (AvgIpc) is 3.14. The minimum atomic E-state index is -4.40. The first-order valence-corrected chi connectivity index (χ1v) is 21.9. The summed E-state index contributed by atoms with van der Waals surface area (Å²) >= 11 is 0. The zero-order valence-corrected chi connectivity index (χ0v) is 34.1. The van der Waals surface area contributed by atoms with Crippen LogP contribution in [0.4, 0.5) is 0 Å². The largest absolute Gasteiger partial charge is 0.472 e. The summed E-state index contributed by atoms with van der Waals surface area (Å²) in [4.78, 5) is 34.8. The monoisotopic (exact) mass is 764 g/mol. The molecule has 2 unspecified atom stereocenters. The number of carbonyl (C=O) groups excluding carboxylic acids is 2. The maximum atomic E-state index is 12.5. The Bertz CT molecular complexity index is 1100. The molecule has 304 valence electrons. The normalized spacial score (nSPS) is 14.1. The molecular formula is C43H74NO8P. The van der Waals surface area contributed by atoms with Crippen molar-refractivity contribution in [2.45, 2.75) is 161 Å². The highest BCUT2D eigenvalue weighted by Gasteiger charge is 2.25. The first-order valence-electron chi connectivity index (χ1n) is 20.4. The van der Waals surface area contributed by atoms with E-state index in [0.29, 0.717) is 19.3 Å². The third-order valence-corrected chi connectivity index (χ3v) is 9.05. The number of hydrogen-bond donors (Lipinski definition) is 2. The van der Waals surface area contributed by atoms with E-state index in [2.05, 4.69) is 80.7 Å². The van der Waals surface area contributed by atoms with Gasteiger partial charge in [0.25, 0.3) is 0 Å². The molecule has 0 amide bonds.